The molecule has 2 fully saturated rings. The molecular formula is C14H26O3Si. The SMILES string of the molecule is CC1CC2OC2CC1C(=O)OCCC[Si](C)(C)C. The van der Waals surface area contributed by atoms with Crippen molar-refractivity contribution in [2.24, 2.45) is 11.8 Å². The summed E-state index contributed by atoms with van der Waals surface area (Å²) in [5.74, 6) is 0.492. The highest BCUT2D eigenvalue weighted by molar-refractivity contribution is 6.76. The fourth-order valence-electron chi connectivity index (χ4n) is 2.82. The monoisotopic (exact) mass is 270 g/mol. The van der Waals surface area contributed by atoms with E-state index in [1.165, 1.54) is 6.04 Å². The molecule has 0 aromatic carbocycles. The van der Waals surface area contributed by atoms with Crippen LogP contribution < -0.4 is 0 Å². The van der Waals surface area contributed by atoms with Gasteiger partial charge in [0.05, 0.1) is 24.7 Å². The molecule has 0 N–H and O–H groups in total. The van der Waals surface area contributed by atoms with Crippen LogP contribution in [0.2, 0.25) is 25.7 Å². The average molecular weight is 270 g/mol. The van der Waals surface area contributed by atoms with Gasteiger partial charge in [-0.2, -0.15) is 0 Å². The lowest BCUT2D eigenvalue weighted by Crippen LogP contribution is -2.31. The van der Waals surface area contributed by atoms with Gasteiger partial charge in [0.2, 0.25) is 0 Å². The van der Waals surface area contributed by atoms with Gasteiger partial charge in [0.15, 0.2) is 0 Å². The third-order valence-corrected chi connectivity index (χ3v) is 5.94. The first-order valence-corrected chi connectivity index (χ1v) is 10.9. The molecule has 2 aliphatic rings. The summed E-state index contributed by atoms with van der Waals surface area (Å²) < 4.78 is 10.9. The molecule has 0 bridgehead atoms. The molecule has 1 heterocycles. The smallest absolute Gasteiger partial charge is 0.309 e. The Kier molecular flexibility index (Phi) is 4.17. The van der Waals surface area contributed by atoms with Crippen LogP contribution in [-0.2, 0) is 14.3 Å². The first-order valence-electron chi connectivity index (χ1n) is 7.19. The van der Waals surface area contributed by atoms with Crippen molar-refractivity contribution in [1.29, 1.82) is 0 Å². The second kappa shape index (κ2) is 5.33. The second-order valence-electron chi connectivity index (χ2n) is 7.10. The van der Waals surface area contributed by atoms with Gasteiger partial charge in [-0.15, -0.1) is 0 Å². The summed E-state index contributed by atoms with van der Waals surface area (Å²) in [5.41, 5.74) is 0. The number of hydrogen-bond donors (Lipinski definition) is 0. The number of fused-ring (bicyclic) bond motifs is 1. The first-order chi connectivity index (χ1) is 8.37. The lowest BCUT2D eigenvalue weighted by molar-refractivity contribution is -0.151. The molecule has 0 radical (unpaired) electrons. The molecule has 3 nitrogen and oxygen atoms in total. The van der Waals surface area contributed by atoms with E-state index in [2.05, 4.69) is 26.6 Å². The molecule has 0 spiro atoms. The normalized spacial score (nSPS) is 34.9. The standard InChI is InChI=1S/C14H26O3Si/c1-10-8-12-13(17-12)9-11(10)14(15)16-6-5-7-18(2,3)4/h10-13H,5-9H2,1-4H3. The van der Waals surface area contributed by atoms with Crippen molar-refractivity contribution in [2.75, 3.05) is 6.61 Å². The van der Waals surface area contributed by atoms with Crippen molar-refractivity contribution in [3.63, 3.8) is 0 Å². The van der Waals surface area contributed by atoms with Crippen molar-refractivity contribution < 1.29 is 14.3 Å². The van der Waals surface area contributed by atoms with Gasteiger partial charge in [0.25, 0.3) is 0 Å². The quantitative estimate of drug-likeness (QED) is 0.333. The Bertz CT molecular complexity index is 311. The number of esters is 1. The molecule has 0 aromatic heterocycles. The number of carbonyl (C=O) groups is 1. The summed E-state index contributed by atoms with van der Waals surface area (Å²) in [6.45, 7) is 9.79. The summed E-state index contributed by atoms with van der Waals surface area (Å²) >= 11 is 0. The van der Waals surface area contributed by atoms with Crippen LogP contribution in [0.3, 0.4) is 0 Å². The topological polar surface area (TPSA) is 38.8 Å². The van der Waals surface area contributed by atoms with Gasteiger partial charge in [-0.25, -0.2) is 0 Å². The Hall–Kier alpha value is -0.353. The molecular weight excluding hydrogens is 244 g/mol. The van der Waals surface area contributed by atoms with Crippen molar-refractivity contribution in [3.8, 4) is 0 Å². The molecule has 4 unspecified atom stereocenters. The van der Waals surface area contributed by atoms with Crippen LogP contribution in [0.4, 0.5) is 0 Å². The zero-order valence-corrected chi connectivity index (χ0v) is 13.1. The molecule has 4 atom stereocenters. The zero-order valence-electron chi connectivity index (χ0n) is 12.1. The Labute approximate surface area is 111 Å². The predicted octanol–water partition coefficient (Wildman–Crippen LogP) is 3.07. The highest BCUT2D eigenvalue weighted by Crippen LogP contribution is 2.43. The predicted molar refractivity (Wildman–Crippen MR) is 74.3 cm³/mol. The van der Waals surface area contributed by atoms with Gasteiger partial charge in [-0.1, -0.05) is 32.6 Å². The van der Waals surface area contributed by atoms with Crippen LogP contribution in [0.1, 0.15) is 26.2 Å². The van der Waals surface area contributed by atoms with E-state index in [4.69, 9.17) is 9.47 Å². The van der Waals surface area contributed by atoms with Crippen LogP contribution in [0.15, 0.2) is 0 Å². The fourth-order valence-corrected chi connectivity index (χ4v) is 4.02. The van der Waals surface area contributed by atoms with Gasteiger partial charge in [0, 0.05) is 8.07 Å². The molecule has 2 rings (SSSR count). The van der Waals surface area contributed by atoms with E-state index in [-0.39, 0.29) is 11.9 Å². The Morgan fingerprint density at radius 3 is 2.61 bits per heavy atom. The lowest BCUT2D eigenvalue weighted by Gasteiger charge is -2.24. The minimum Gasteiger partial charge on any atom is -0.465 e. The number of carbonyl (C=O) groups excluding carboxylic acids is 1. The van der Waals surface area contributed by atoms with Crippen LogP contribution in [0, 0.1) is 11.8 Å². The molecule has 104 valence electrons. The minimum absolute atomic E-state index is 0.00651. The van der Waals surface area contributed by atoms with E-state index in [1.807, 2.05) is 0 Å². The number of rotatable bonds is 5. The second-order valence-corrected chi connectivity index (χ2v) is 12.7. The first kappa shape index (κ1) is 14.1. The summed E-state index contributed by atoms with van der Waals surface area (Å²) in [6, 6.07) is 1.23. The van der Waals surface area contributed by atoms with E-state index in [9.17, 15) is 4.79 Å². The van der Waals surface area contributed by atoms with Gasteiger partial charge < -0.3 is 9.47 Å². The molecule has 18 heavy (non-hydrogen) atoms. The largest absolute Gasteiger partial charge is 0.465 e. The number of ether oxygens (including phenoxy) is 2. The van der Waals surface area contributed by atoms with Crippen molar-refractivity contribution in [3.05, 3.63) is 0 Å². The third-order valence-electron chi connectivity index (χ3n) is 4.08. The molecule has 1 aliphatic carbocycles. The number of hydrogen-bond acceptors (Lipinski definition) is 3. The van der Waals surface area contributed by atoms with Crippen molar-refractivity contribution >= 4 is 14.0 Å². The molecule has 1 saturated heterocycles. The molecule has 1 aliphatic heterocycles. The van der Waals surface area contributed by atoms with E-state index in [0.717, 1.165) is 19.3 Å². The van der Waals surface area contributed by atoms with Gasteiger partial charge >= 0.3 is 5.97 Å². The highest BCUT2D eigenvalue weighted by atomic mass is 28.3. The Balaban J connectivity index is 1.68. The lowest BCUT2D eigenvalue weighted by atomic mass is 9.80. The maximum absolute atomic E-state index is 12.0. The average Bonchev–Trinajstić information content (AvgIpc) is 2.99. The van der Waals surface area contributed by atoms with Gasteiger partial charge in [-0.05, 0) is 25.2 Å². The highest BCUT2D eigenvalue weighted by Gasteiger charge is 2.49. The molecule has 0 amide bonds. The summed E-state index contributed by atoms with van der Waals surface area (Å²) in [5, 5.41) is 0. The van der Waals surface area contributed by atoms with Crippen molar-refractivity contribution in [2.45, 2.75) is 64.1 Å². The van der Waals surface area contributed by atoms with Crippen LogP contribution in [0.25, 0.3) is 0 Å². The maximum atomic E-state index is 12.0. The van der Waals surface area contributed by atoms with E-state index in [0.29, 0.717) is 24.7 Å². The Morgan fingerprint density at radius 1 is 1.28 bits per heavy atom. The van der Waals surface area contributed by atoms with Crippen molar-refractivity contribution in [1.82, 2.24) is 0 Å². The third kappa shape index (κ3) is 3.82. The van der Waals surface area contributed by atoms with Crippen LogP contribution in [-0.4, -0.2) is 32.9 Å². The molecule has 4 heteroatoms. The van der Waals surface area contributed by atoms with Gasteiger partial charge in [0.1, 0.15) is 0 Å². The number of epoxide rings is 1. The van der Waals surface area contributed by atoms with E-state index < -0.39 is 8.07 Å². The van der Waals surface area contributed by atoms with Crippen LogP contribution in [0.5, 0.6) is 0 Å². The minimum atomic E-state index is -0.998. The van der Waals surface area contributed by atoms with Gasteiger partial charge in [-0.3, -0.25) is 4.79 Å². The zero-order chi connectivity index (χ0) is 13.3. The van der Waals surface area contributed by atoms with E-state index in [1.54, 1.807) is 0 Å². The molecule has 1 saturated carbocycles. The molecule has 0 aromatic rings. The Morgan fingerprint density at radius 2 is 1.94 bits per heavy atom. The fraction of sp³-hybridized carbons (Fsp3) is 0.929. The summed E-state index contributed by atoms with van der Waals surface area (Å²) in [7, 11) is -0.998. The summed E-state index contributed by atoms with van der Waals surface area (Å²) in [4.78, 5) is 12.0. The van der Waals surface area contributed by atoms with E-state index >= 15 is 0 Å². The van der Waals surface area contributed by atoms with Crippen LogP contribution >= 0.6 is 0 Å². The maximum Gasteiger partial charge on any atom is 0.309 e. The summed E-state index contributed by atoms with van der Waals surface area (Å²) in [6.07, 6.45) is 3.71.